The van der Waals surface area contributed by atoms with Crippen LogP contribution in [0.5, 0.6) is 0 Å². The van der Waals surface area contributed by atoms with E-state index in [1.807, 2.05) is 6.07 Å². The van der Waals surface area contributed by atoms with E-state index < -0.39 is 0 Å². The molecule has 1 aromatic rings. The van der Waals surface area contributed by atoms with Crippen molar-refractivity contribution in [2.24, 2.45) is 10.7 Å². The lowest BCUT2D eigenvalue weighted by molar-refractivity contribution is -0.384. The SMILES string of the molecule is NC1=N[C@H](Cc2cccc([N+](=O)[O-])c2)CS1. The molecular weight excluding hydrogens is 226 g/mol. The summed E-state index contributed by atoms with van der Waals surface area (Å²) in [6.45, 7) is 0. The minimum atomic E-state index is -0.384. The van der Waals surface area contributed by atoms with E-state index in [4.69, 9.17) is 5.73 Å². The van der Waals surface area contributed by atoms with Crippen molar-refractivity contribution < 1.29 is 4.92 Å². The molecule has 1 atom stereocenters. The predicted octanol–water partition coefficient (Wildman–Crippen LogP) is 1.57. The van der Waals surface area contributed by atoms with Crippen molar-refractivity contribution in [1.82, 2.24) is 0 Å². The number of hydrogen-bond acceptors (Lipinski definition) is 5. The Bertz CT molecular complexity index is 447. The first-order valence-electron chi connectivity index (χ1n) is 4.84. The maximum absolute atomic E-state index is 10.6. The van der Waals surface area contributed by atoms with Gasteiger partial charge in [0.25, 0.3) is 5.69 Å². The van der Waals surface area contributed by atoms with Gasteiger partial charge in [-0.3, -0.25) is 15.1 Å². The zero-order valence-corrected chi connectivity index (χ0v) is 9.31. The molecule has 5 nitrogen and oxygen atoms in total. The highest BCUT2D eigenvalue weighted by molar-refractivity contribution is 8.14. The molecule has 0 saturated carbocycles. The second-order valence-electron chi connectivity index (χ2n) is 3.56. The number of nitrogens with two attached hydrogens (primary N) is 1. The standard InChI is InChI=1S/C10H11N3O2S/c11-10-12-8(6-16-10)4-7-2-1-3-9(5-7)13(14)15/h1-3,5,8H,4,6H2,(H2,11,12)/t8-/m1/s1. The Balaban J connectivity index is 2.10. The van der Waals surface area contributed by atoms with Gasteiger partial charge in [0, 0.05) is 17.9 Å². The third-order valence-electron chi connectivity index (χ3n) is 2.33. The Morgan fingerprint density at radius 1 is 1.62 bits per heavy atom. The summed E-state index contributed by atoms with van der Waals surface area (Å²) < 4.78 is 0. The van der Waals surface area contributed by atoms with Crippen LogP contribution in [0.4, 0.5) is 5.69 Å². The van der Waals surface area contributed by atoms with Gasteiger partial charge in [-0.05, 0) is 12.0 Å². The molecule has 0 unspecified atom stereocenters. The van der Waals surface area contributed by atoms with Crippen LogP contribution in [0.1, 0.15) is 5.56 Å². The number of aliphatic imine (C=N–C) groups is 1. The summed E-state index contributed by atoms with van der Waals surface area (Å²) in [5, 5.41) is 11.2. The topological polar surface area (TPSA) is 81.5 Å². The summed E-state index contributed by atoms with van der Waals surface area (Å²) >= 11 is 1.53. The number of non-ortho nitro benzene ring substituents is 1. The van der Waals surface area contributed by atoms with Crippen LogP contribution in [0.25, 0.3) is 0 Å². The summed E-state index contributed by atoms with van der Waals surface area (Å²) in [5.74, 6) is 0.856. The zero-order valence-electron chi connectivity index (χ0n) is 8.50. The van der Waals surface area contributed by atoms with Crippen molar-refractivity contribution in [3.05, 3.63) is 39.9 Å². The maximum Gasteiger partial charge on any atom is 0.269 e. The minimum absolute atomic E-state index is 0.125. The molecule has 0 bridgehead atoms. The van der Waals surface area contributed by atoms with E-state index in [2.05, 4.69) is 4.99 Å². The van der Waals surface area contributed by atoms with Crippen LogP contribution < -0.4 is 5.73 Å². The van der Waals surface area contributed by atoms with E-state index in [-0.39, 0.29) is 16.7 Å². The third kappa shape index (κ3) is 2.52. The number of nitrogens with zero attached hydrogens (tertiary/aromatic N) is 2. The third-order valence-corrected chi connectivity index (χ3v) is 3.28. The van der Waals surface area contributed by atoms with Gasteiger partial charge in [0.05, 0.1) is 11.0 Å². The first-order valence-corrected chi connectivity index (χ1v) is 5.83. The Hall–Kier alpha value is -1.56. The molecule has 1 aromatic carbocycles. The molecule has 2 rings (SSSR count). The molecule has 84 valence electrons. The Kier molecular flexibility index (Phi) is 3.09. The number of nitro benzene ring substituents is 1. The van der Waals surface area contributed by atoms with E-state index in [0.29, 0.717) is 11.6 Å². The minimum Gasteiger partial charge on any atom is -0.379 e. The van der Waals surface area contributed by atoms with Crippen LogP contribution in [-0.2, 0) is 6.42 Å². The highest BCUT2D eigenvalue weighted by Crippen LogP contribution is 2.20. The molecule has 2 N–H and O–H groups in total. The van der Waals surface area contributed by atoms with E-state index in [1.165, 1.54) is 17.8 Å². The van der Waals surface area contributed by atoms with Crippen LogP contribution in [-0.4, -0.2) is 21.9 Å². The maximum atomic E-state index is 10.6. The molecule has 0 fully saturated rings. The van der Waals surface area contributed by atoms with Crippen molar-refractivity contribution in [2.45, 2.75) is 12.5 Å². The average Bonchev–Trinajstić information content (AvgIpc) is 2.64. The van der Waals surface area contributed by atoms with Gasteiger partial charge in [0.1, 0.15) is 0 Å². The summed E-state index contributed by atoms with van der Waals surface area (Å²) in [6, 6.07) is 6.80. The number of nitro groups is 1. The second-order valence-corrected chi connectivity index (χ2v) is 4.60. The predicted molar refractivity (Wildman–Crippen MR) is 64.7 cm³/mol. The van der Waals surface area contributed by atoms with E-state index in [9.17, 15) is 10.1 Å². The van der Waals surface area contributed by atoms with Gasteiger partial charge in [0.15, 0.2) is 5.17 Å². The van der Waals surface area contributed by atoms with Crippen molar-refractivity contribution in [1.29, 1.82) is 0 Å². The normalized spacial score (nSPS) is 19.5. The molecule has 0 spiro atoms. The fourth-order valence-corrected chi connectivity index (χ4v) is 2.39. The summed E-state index contributed by atoms with van der Waals surface area (Å²) in [4.78, 5) is 14.5. The van der Waals surface area contributed by atoms with Crippen LogP contribution in [0.2, 0.25) is 0 Å². The van der Waals surface area contributed by atoms with Crippen molar-refractivity contribution >= 4 is 22.6 Å². The van der Waals surface area contributed by atoms with Gasteiger partial charge in [-0.25, -0.2) is 0 Å². The van der Waals surface area contributed by atoms with E-state index >= 15 is 0 Å². The molecule has 0 aliphatic carbocycles. The molecule has 1 aliphatic rings. The number of thioether (sulfide) groups is 1. The molecule has 0 radical (unpaired) electrons. The van der Waals surface area contributed by atoms with E-state index in [0.717, 1.165) is 11.3 Å². The Morgan fingerprint density at radius 2 is 2.44 bits per heavy atom. The Labute approximate surface area is 96.9 Å². The fraction of sp³-hybridized carbons (Fsp3) is 0.300. The summed E-state index contributed by atoms with van der Waals surface area (Å²) in [5.41, 5.74) is 6.62. The molecule has 6 heteroatoms. The number of amidine groups is 1. The molecular formula is C10H11N3O2S. The summed E-state index contributed by atoms with van der Waals surface area (Å²) in [7, 11) is 0. The number of rotatable bonds is 3. The molecule has 1 heterocycles. The highest BCUT2D eigenvalue weighted by atomic mass is 32.2. The van der Waals surface area contributed by atoms with Crippen molar-refractivity contribution in [2.75, 3.05) is 5.75 Å². The van der Waals surface area contributed by atoms with Gasteiger partial charge in [-0.15, -0.1) is 0 Å². The van der Waals surface area contributed by atoms with Crippen LogP contribution in [0, 0.1) is 10.1 Å². The number of benzene rings is 1. The fourth-order valence-electron chi connectivity index (χ4n) is 1.61. The summed E-state index contributed by atoms with van der Waals surface area (Å²) in [6.07, 6.45) is 0.704. The van der Waals surface area contributed by atoms with E-state index in [1.54, 1.807) is 12.1 Å². The molecule has 0 amide bonds. The van der Waals surface area contributed by atoms with Crippen LogP contribution in [0.15, 0.2) is 29.3 Å². The smallest absolute Gasteiger partial charge is 0.269 e. The van der Waals surface area contributed by atoms with Gasteiger partial charge >= 0.3 is 0 Å². The quantitative estimate of drug-likeness (QED) is 0.639. The monoisotopic (exact) mass is 237 g/mol. The van der Waals surface area contributed by atoms with Crippen LogP contribution >= 0.6 is 11.8 Å². The first-order chi connectivity index (χ1) is 7.65. The number of hydrogen-bond donors (Lipinski definition) is 1. The second kappa shape index (κ2) is 4.52. The average molecular weight is 237 g/mol. The lowest BCUT2D eigenvalue weighted by Crippen LogP contribution is -2.08. The molecule has 0 saturated heterocycles. The lowest BCUT2D eigenvalue weighted by atomic mass is 10.1. The van der Waals surface area contributed by atoms with Crippen molar-refractivity contribution in [3.8, 4) is 0 Å². The van der Waals surface area contributed by atoms with Crippen LogP contribution in [0.3, 0.4) is 0 Å². The molecule has 0 aromatic heterocycles. The lowest BCUT2D eigenvalue weighted by Gasteiger charge is -2.05. The molecule has 1 aliphatic heterocycles. The Morgan fingerprint density at radius 3 is 3.06 bits per heavy atom. The van der Waals surface area contributed by atoms with Gasteiger partial charge in [-0.2, -0.15) is 0 Å². The largest absolute Gasteiger partial charge is 0.379 e. The molecule has 16 heavy (non-hydrogen) atoms. The first kappa shape index (κ1) is 10.9. The zero-order chi connectivity index (χ0) is 11.5. The highest BCUT2D eigenvalue weighted by Gasteiger charge is 2.17. The van der Waals surface area contributed by atoms with Gasteiger partial charge < -0.3 is 5.73 Å². The van der Waals surface area contributed by atoms with Gasteiger partial charge in [0.2, 0.25) is 0 Å². The van der Waals surface area contributed by atoms with Crippen molar-refractivity contribution in [3.63, 3.8) is 0 Å². The van der Waals surface area contributed by atoms with Gasteiger partial charge in [-0.1, -0.05) is 23.9 Å².